The second-order valence-electron chi connectivity index (χ2n) is 4.74. The number of hydrogen-bond acceptors (Lipinski definition) is 6. The van der Waals surface area contributed by atoms with Crippen LogP contribution in [0.4, 0.5) is 22.7 Å². The van der Waals surface area contributed by atoms with Gasteiger partial charge in [-0.15, -0.1) is 0 Å². The van der Waals surface area contributed by atoms with E-state index in [0.717, 1.165) is 17.1 Å². The Hall–Kier alpha value is -2.44. The van der Waals surface area contributed by atoms with Gasteiger partial charge in [-0.05, 0) is 48.5 Å². The van der Waals surface area contributed by atoms with E-state index in [2.05, 4.69) is 10.2 Å². The maximum atomic E-state index is 9.04. The maximum absolute atomic E-state index is 9.04. The fourth-order valence-electron chi connectivity index (χ4n) is 2.00. The SMILES string of the molecule is Nc1ccc(/N=N/c2ccc(N(CCO)CCO)cc2)cc1. The minimum Gasteiger partial charge on any atom is -0.399 e. The highest BCUT2D eigenvalue weighted by molar-refractivity contribution is 5.53. The Balaban J connectivity index is 2.06. The molecule has 0 aliphatic carbocycles. The Morgan fingerprint density at radius 3 is 1.68 bits per heavy atom. The van der Waals surface area contributed by atoms with Gasteiger partial charge in [0.25, 0.3) is 0 Å². The molecule has 0 radical (unpaired) electrons. The van der Waals surface area contributed by atoms with Gasteiger partial charge in [-0.3, -0.25) is 0 Å². The molecule has 22 heavy (non-hydrogen) atoms. The van der Waals surface area contributed by atoms with E-state index >= 15 is 0 Å². The van der Waals surface area contributed by atoms with Crippen molar-refractivity contribution in [1.29, 1.82) is 0 Å². The summed E-state index contributed by atoms with van der Waals surface area (Å²) in [5.41, 5.74) is 8.70. The molecule has 0 saturated carbocycles. The van der Waals surface area contributed by atoms with Gasteiger partial charge in [0.1, 0.15) is 0 Å². The number of nitrogens with two attached hydrogens (primary N) is 1. The molecule has 0 atom stereocenters. The third-order valence-electron chi connectivity index (χ3n) is 3.13. The zero-order chi connectivity index (χ0) is 15.8. The van der Waals surface area contributed by atoms with Crippen LogP contribution in [0.5, 0.6) is 0 Å². The molecule has 0 spiro atoms. The Labute approximate surface area is 129 Å². The first kappa shape index (κ1) is 15.9. The molecule has 116 valence electrons. The van der Waals surface area contributed by atoms with Crippen molar-refractivity contribution in [2.45, 2.75) is 0 Å². The van der Waals surface area contributed by atoms with Crippen LogP contribution in [0.3, 0.4) is 0 Å². The number of nitrogen functional groups attached to an aromatic ring is 1. The van der Waals surface area contributed by atoms with Crippen molar-refractivity contribution in [2.75, 3.05) is 36.9 Å². The maximum Gasteiger partial charge on any atom is 0.0858 e. The van der Waals surface area contributed by atoms with Crippen LogP contribution in [0.2, 0.25) is 0 Å². The lowest BCUT2D eigenvalue weighted by atomic mass is 10.2. The summed E-state index contributed by atoms with van der Waals surface area (Å²) in [5.74, 6) is 0. The smallest absolute Gasteiger partial charge is 0.0858 e. The first-order valence-corrected chi connectivity index (χ1v) is 7.07. The lowest BCUT2D eigenvalue weighted by molar-refractivity contribution is 0.281. The molecule has 6 nitrogen and oxygen atoms in total. The molecule has 0 bridgehead atoms. The van der Waals surface area contributed by atoms with Crippen molar-refractivity contribution < 1.29 is 10.2 Å². The van der Waals surface area contributed by atoms with E-state index in [1.807, 2.05) is 29.2 Å². The molecule has 6 heteroatoms. The fraction of sp³-hybridized carbons (Fsp3) is 0.250. The van der Waals surface area contributed by atoms with Gasteiger partial charge in [-0.25, -0.2) is 0 Å². The number of aliphatic hydroxyl groups is 2. The molecular weight excluding hydrogens is 280 g/mol. The van der Waals surface area contributed by atoms with E-state index in [9.17, 15) is 0 Å². The number of nitrogens with zero attached hydrogens (tertiary/aromatic N) is 3. The van der Waals surface area contributed by atoms with Crippen molar-refractivity contribution in [3.05, 3.63) is 48.5 Å². The quantitative estimate of drug-likeness (QED) is 0.541. The van der Waals surface area contributed by atoms with Crippen LogP contribution < -0.4 is 10.6 Å². The van der Waals surface area contributed by atoms with Gasteiger partial charge in [0.2, 0.25) is 0 Å². The summed E-state index contributed by atoms with van der Waals surface area (Å²) in [6.07, 6.45) is 0. The summed E-state index contributed by atoms with van der Waals surface area (Å²) in [4.78, 5) is 1.90. The van der Waals surface area contributed by atoms with Crippen LogP contribution in [-0.2, 0) is 0 Å². The van der Waals surface area contributed by atoms with Crippen LogP contribution in [0, 0.1) is 0 Å². The number of benzene rings is 2. The third kappa shape index (κ3) is 4.54. The predicted molar refractivity (Wildman–Crippen MR) is 87.9 cm³/mol. The normalized spacial score (nSPS) is 11.0. The number of hydrogen-bond donors (Lipinski definition) is 3. The number of aliphatic hydroxyl groups excluding tert-OH is 2. The molecule has 0 saturated heterocycles. The van der Waals surface area contributed by atoms with E-state index in [0.29, 0.717) is 18.8 Å². The monoisotopic (exact) mass is 300 g/mol. The summed E-state index contributed by atoms with van der Waals surface area (Å²) < 4.78 is 0. The molecule has 4 N–H and O–H groups in total. The van der Waals surface area contributed by atoms with Crippen molar-refractivity contribution in [2.24, 2.45) is 10.2 Å². The Bertz CT molecular complexity index is 591. The summed E-state index contributed by atoms with van der Waals surface area (Å²) in [7, 11) is 0. The number of azo groups is 1. The average molecular weight is 300 g/mol. The van der Waals surface area contributed by atoms with Gasteiger partial charge in [0.15, 0.2) is 0 Å². The van der Waals surface area contributed by atoms with E-state index in [1.54, 1.807) is 24.3 Å². The zero-order valence-electron chi connectivity index (χ0n) is 12.3. The van der Waals surface area contributed by atoms with Crippen LogP contribution in [-0.4, -0.2) is 36.5 Å². The minimum atomic E-state index is 0.0403. The van der Waals surface area contributed by atoms with Crippen LogP contribution in [0.15, 0.2) is 58.8 Å². The molecule has 2 rings (SSSR count). The predicted octanol–water partition coefficient (Wildman–Crippen LogP) is 2.48. The largest absolute Gasteiger partial charge is 0.399 e. The molecule has 0 aliphatic heterocycles. The molecule has 0 unspecified atom stereocenters. The van der Waals surface area contributed by atoms with Gasteiger partial charge in [0.05, 0.1) is 24.6 Å². The van der Waals surface area contributed by atoms with E-state index < -0.39 is 0 Å². The standard InChI is InChI=1S/C16H20N4O2/c17-13-1-3-14(4-2-13)18-19-15-5-7-16(8-6-15)20(9-11-21)10-12-22/h1-8,21-22H,9-12,17H2/b19-18+. The fourth-order valence-corrected chi connectivity index (χ4v) is 2.00. The van der Waals surface area contributed by atoms with Crippen LogP contribution in [0.1, 0.15) is 0 Å². The van der Waals surface area contributed by atoms with E-state index in [1.165, 1.54) is 0 Å². The molecule has 0 aromatic heterocycles. The van der Waals surface area contributed by atoms with Gasteiger partial charge < -0.3 is 20.8 Å². The van der Waals surface area contributed by atoms with Gasteiger partial charge in [0, 0.05) is 24.5 Å². The van der Waals surface area contributed by atoms with Crippen molar-refractivity contribution in [3.8, 4) is 0 Å². The molecule has 0 heterocycles. The molecule has 2 aromatic rings. The van der Waals surface area contributed by atoms with Crippen LogP contribution >= 0.6 is 0 Å². The zero-order valence-corrected chi connectivity index (χ0v) is 12.3. The first-order chi connectivity index (χ1) is 10.7. The van der Waals surface area contributed by atoms with E-state index in [-0.39, 0.29) is 13.2 Å². The number of anilines is 2. The Kier molecular flexibility index (Phi) is 5.88. The second-order valence-corrected chi connectivity index (χ2v) is 4.74. The molecule has 0 fully saturated rings. The van der Waals surface area contributed by atoms with Crippen LogP contribution in [0.25, 0.3) is 0 Å². The van der Waals surface area contributed by atoms with E-state index in [4.69, 9.17) is 15.9 Å². The third-order valence-corrected chi connectivity index (χ3v) is 3.13. The average Bonchev–Trinajstić information content (AvgIpc) is 2.55. The van der Waals surface area contributed by atoms with Gasteiger partial charge >= 0.3 is 0 Å². The summed E-state index contributed by atoms with van der Waals surface area (Å²) in [5, 5.41) is 26.4. The molecular formula is C16H20N4O2. The first-order valence-electron chi connectivity index (χ1n) is 7.07. The van der Waals surface area contributed by atoms with Gasteiger partial charge in [-0.2, -0.15) is 10.2 Å². The highest BCUT2D eigenvalue weighted by Crippen LogP contribution is 2.22. The molecule has 2 aromatic carbocycles. The molecule has 0 amide bonds. The summed E-state index contributed by atoms with van der Waals surface area (Å²) >= 11 is 0. The van der Waals surface area contributed by atoms with Crippen molar-refractivity contribution >= 4 is 22.7 Å². The topological polar surface area (TPSA) is 94.4 Å². The molecule has 0 aliphatic rings. The Morgan fingerprint density at radius 1 is 0.773 bits per heavy atom. The summed E-state index contributed by atoms with van der Waals surface area (Å²) in [6.45, 7) is 1.04. The second kappa shape index (κ2) is 8.11. The van der Waals surface area contributed by atoms with Crippen molar-refractivity contribution in [1.82, 2.24) is 0 Å². The lowest BCUT2D eigenvalue weighted by Crippen LogP contribution is -2.29. The highest BCUT2D eigenvalue weighted by atomic mass is 16.3. The highest BCUT2D eigenvalue weighted by Gasteiger charge is 2.04. The number of rotatable bonds is 7. The van der Waals surface area contributed by atoms with Crippen molar-refractivity contribution in [3.63, 3.8) is 0 Å². The lowest BCUT2D eigenvalue weighted by Gasteiger charge is -2.22. The minimum absolute atomic E-state index is 0.0403. The summed E-state index contributed by atoms with van der Waals surface area (Å²) in [6, 6.07) is 14.6. The Morgan fingerprint density at radius 2 is 1.23 bits per heavy atom. The van der Waals surface area contributed by atoms with Gasteiger partial charge in [-0.1, -0.05) is 0 Å².